The summed E-state index contributed by atoms with van der Waals surface area (Å²) in [7, 11) is 0. The number of phenols is 2. The Balaban J connectivity index is 1.25. The Bertz CT molecular complexity index is 1260. The summed E-state index contributed by atoms with van der Waals surface area (Å²) in [4.78, 5) is 11.8. The normalized spacial score (nSPS) is 11.1. The number of benzene rings is 3. The second-order valence-corrected chi connectivity index (χ2v) is 10.1. The largest absolute Gasteiger partial charge is 0.504 e. The number of phenolic OH excluding ortho intramolecular Hbond substituents is 2. The number of carbonyl (C=O) groups excluding carboxylic acids is 1. The lowest BCUT2D eigenvalue weighted by Crippen LogP contribution is -2.02. The maximum Gasteiger partial charge on any atom is 0.330 e. The Morgan fingerprint density at radius 1 is 0.692 bits per heavy atom. The van der Waals surface area contributed by atoms with Crippen molar-refractivity contribution >= 4 is 46.8 Å². The molecule has 0 saturated carbocycles. The van der Waals surface area contributed by atoms with Crippen LogP contribution in [-0.2, 0) is 9.53 Å². The van der Waals surface area contributed by atoms with E-state index in [2.05, 4.69) is 0 Å². The van der Waals surface area contributed by atoms with Gasteiger partial charge in [0.2, 0.25) is 0 Å². The van der Waals surface area contributed by atoms with E-state index in [1.54, 1.807) is 42.5 Å². The van der Waals surface area contributed by atoms with E-state index in [9.17, 15) is 15.0 Å². The van der Waals surface area contributed by atoms with Crippen molar-refractivity contribution < 1.29 is 29.2 Å². The second-order valence-electron chi connectivity index (χ2n) is 8.84. The third kappa shape index (κ3) is 10.9. The number of rotatable bonds is 15. The summed E-state index contributed by atoms with van der Waals surface area (Å²) in [5.41, 5.74) is 0.594. The van der Waals surface area contributed by atoms with Crippen LogP contribution >= 0.6 is 34.8 Å². The van der Waals surface area contributed by atoms with E-state index in [1.165, 1.54) is 24.3 Å². The molecule has 0 saturated heterocycles. The summed E-state index contributed by atoms with van der Waals surface area (Å²) < 4.78 is 17.1. The molecule has 0 radical (unpaired) electrons. The summed E-state index contributed by atoms with van der Waals surface area (Å²) in [6.45, 7) is 0.904. The molecule has 0 aliphatic carbocycles. The number of hydrogen-bond acceptors (Lipinski definition) is 6. The van der Waals surface area contributed by atoms with Crippen molar-refractivity contribution in [1.29, 1.82) is 0 Å². The second kappa shape index (κ2) is 16.1. The zero-order valence-electron chi connectivity index (χ0n) is 21.4. The maximum atomic E-state index is 11.8. The predicted molar refractivity (Wildman–Crippen MR) is 156 cm³/mol. The first-order valence-electron chi connectivity index (χ1n) is 12.7. The van der Waals surface area contributed by atoms with Gasteiger partial charge >= 0.3 is 5.97 Å². The Morgan fingerprint density at radius 3 is 2.03 bits per heavy atom. The van der Waals surface area contributed by atoms with Crippen molar-refractivity contribution in [2.75, 3.05) is 13.2 Å². The van der Waals surface area contributed by atoms with Gasteiger partial charge in [0.05, 0.1) is 18.2 Å². The van der Waals surface area contributed by atoms with Crippen LogP contribution in [0, 0.1) is 0 Å². The maximum absolute atomic E-state index is 11.8. The third-order valence-corrected chi connectivity index (χ3v) is 6.49. The first-order chi connectivity index (χ1) is 18.8. The van der Waals surface area contributed by atoms with Gasteiger partial charge in [-0.3, -0.25) is 0 Å². The number of aromatic hydroxyl groups is 2. The Kier molecular flexibility index (Phi) is 12.6. The highest BCUT2D eigenvalue weighted by Gasteiger charge is 2.10. The molecule has 39 heavy (non-hydrogen) atoms. The van der Waals surface area contributed by atoms with Crippen molar-refractivity contribution in [3.8, 4) is 28.7 Å². The van der Waals surface area contributed by atoms with E-state index in [1.807, 2.05) is 0 Å². The van der Waals surface area contributed by atoms with Crippen molar-refractivity contribution in [3.05, 3.63) is 81.3 Å². The molecule has 0 heterocycles. The molecule has 0 aliphatic heterocycles. The van der Waals surface area contributed by atoms with Gasteiger partial charge in [-0.15, -0.1) is 0 Å². The van der Waals surface area contributed by atoms with Crippen LogP contribution < -0.4 is 9.47 Å². The lowest BCUT2D eigenvalue weighted by Gasteiger charge is -2.14. The van der Waals surface area contributed by atoms with Crippen LogP contribution in [0.2, 0.25) is 15.1 Å². The SMILES string of the molecule is O=C(/C=C/c1ccc(O)c(O)c1)OCCCCCCCCCOc1cc(Cl)ccc1Oc1ccc(Cl)cc1Cl. The fraction of sp³-hybridized carbons (Fsp3) is 0.300. The quantitative estimate of drug-likeness (QED) is 0.0791. The molecular formula is C30H31Cl3O6. The minimum Gasteiger partial charge on any atom is -0.504 e. The van der Waals surface area contributed by atoms with E-state index in [0.29, 0.717) is 51.1 Å². The standard InChI is InChI=1S/C30H31Cl3O6/c31-22-10-13-27(24(33)19-22)39-28-14-11-23(32)20-29(28)37-16-6-4-2-1-3-5-7-17-38-30(36)15-9-21-8-12-25(34)26(35)18-21/h8-15,18-20,34-35H,1-7,16-17H2/b15-9+. The molecular weight excluding hydrogens is 563 g/mol. The average Bonchev–Trinajstić information content (AvgIpc) is 2.90. The number of halogens is 3. The van der Waals surface area contributed by atoms with Crippen LogP contribution in [0.1, 0.15) is 50.5 Å². The van der Waals surface area contributed by atoms with Gasteiger partial charge in [0.1, 0.15) is 5.75 Å². The smallest absolute Gasteiger partial charge is 0.330 e. The highest BCUT2D eigenvalue weighted by molar-refractivity contribution is 6.35. The summed E-state index contributed by atoms with van der Waals surface area (Å²) >= 11 is 18.3. The molecule has 9 heteroatoms. The molecule has 6 nitrogen and oxygen atoms in total. The van der Waals surface area contributed by atoms with Gasteiger partial charge in [0.15, 0.2) is 23.0 Å². The van der Waals surface area contributed by atoms with Crippen LogP contribution in [0.4, 0.5) is 0 Å². The molecule has 0 fully saturated rings. The molecule has 3 aromatic rings. The first kappa shape index (κ1) is 30.5. The van der Waals surface area contributed by atoms with E-state index in [0.717, 1.165) is 44.9 Å². The topological polar surface area (TPSA) is 85.2 Å². The molecule has 0 amide bonds. The van der Waals surface area contributed by atoms with Gasteiger partial charge in [-0.2, -0.15) is 0 Å². The molecule has 208 valence electrons. The van der Waals surface area contributed by atoms with Crippen molar-refractivity contribution in [2.45, 2.75) is 44.9 Å². The van der Waals surface area contributed by atoms with Crippen LogP contribution in [0.15, 0.2) is 60.7 Å². The highest BCUT2D eigenvalue weighted by atomic mass is 35.5. The molecule has 3 aromatic carbocycles. The molecule has 3 rings (SSSR count). The third-order valence-electron chi connectivity index (χ3n) is 5.72. The van der Waals surface area contributed by atoms with Crippen LogP contribution in [0.25, 0.3) is 6.08 Å². The first-order valence-corrected chi connectivity index (χ1v) is 13.9. The monoisotopic (exact) mass is 592 g/mol. The number of esters is 1. The van der Waals surface area contributed by atoms with Crippen LogP contribution in [0.5, 0.6) is 28.7 Å². The molecule has 0 aliphatic rings. The van der Waals surface area contributed by atoms with Gasteiger partial charge in [-0.05, 0) is 66.9 Å². The van der Waals surface area contributed by atoms with Gasteiger partial charge in [0, 0.05) is 22.2 Å². The van der Waals surface area contributed by atoms with E-state index in [4.69, 9.17) is 49.0 Å². The zero-order valence-corrected chi connectivity index (χ0v) is 23.6. The molecule has 2 N–H and O–H groups in total. The number of carbonyl (C=O) groups is 1. The molecule has 0 unspecified atom stereocenters. The molecule has 0 aromatic heterocycles. The molecule has 0 atom stereocenters. The fourth-order valence-electron chi connectivity index (χ4n) is 3.65. The summed E-state index contributed by atoms with van der Waals surface area (Å²) in [6, 6.07) is 14.6. The summed E-state index contributed by atoms with van der Waals surface area (Å²) in [6.07, 6.45) is 9.80. The Morgan fingerprint density at radius 2 is 1.33 bits per heavy atom. The number of unbranched alkanes of at least 4 members (excludes halogenated alkanes) is 6. The predicted octanol–water partition coefficient (Wildman–Crippen LogP) is 9.22. The van der Waals surface area contributed by atoms with E-state index < -0.39 is 5.97 Å². The van der Waals surface area contributed by atoms with Crippen molar-refractivity contribution in [3.63, 3.8) is 0 Å². The number of hydrogen-bond donors (Lipinski definition) is 2. The van der Waals surface area contributed by atoms with Crippen molar-refractivity contribution in [2.24, 2.45) is 0 Å². The summed E-state index contributed by atoms with van der Waals surface area (Å²) in [5.74, 6) is 0.681. The lowest BCUT2D eigenvalue weighted by atomic mass is 10.1. The van der Waals surface area contributed by atoms with E-state index in [-0.39, 0.29) is 11.5 Å². The van der Waals surface area contributed by atoms with Gasteiger partial charge in [-0.1, -0.05) is 73.0 Å². The van der Waals surface area contributed by atoms with E-state index >= 15 is 0 Å². The van der Waals surface area contributed by atoms with Crippen LogP contribution in [0.3, 0.4) is 0 Å². The highest BCUT2D eigenvalue weighted by Crippen LogP contribution is 2.37. The number of ether oxygens (including phenoxy) is 3. The molecule has 0 spiro atoms. The Labute approximate surface area is 243 Å². The lowest BCUT2D eigenvalue weighted by molar-refractivity contribution is -0.137. The van der Waals surface area contributed by atoms with Gasteiger partial charge in [-0.25, -0.2) is 4.79 Å². The fourth-order valence-corrected chi connectivity index (χ4v) is 4.26. The van der Waals surface area contributed by atoms with Gasteiger partial charge in [0.25, 0.3) is 0 Å². The summed E-state index contributed by atoms with van der Waals surface area (Å²) in [5, 5.41) is 20.3. The van der Waals surface area contributed by atoms with Crippen LogP contribution in [-0.4, -0.2) is 29.4 Å². The Hall–Kier alpha value is -3.06. The average molecular weight is 594 g/mol. The van der Waals surface area contributed by atoms with Gasteiger partial charge < -0.3 is 24.4 Å². The zero-order chi connectivity index (χ0) is 28.0. The minimum absolute atomic E-state index is 0.207. The molecule has 0 bridgehead atoms. The minimum atomic E-state index is -0.438. The van der Waals surface area contributed by atoms with Crippen molar-refractivity contribution in [1.82, 2.24) is 0 Å².